The van der Waals surface area contributed by atoms with Crippen molar-refractivity contribution in [3.63, 3.8) is 0 Å². The van der Waals surface area contributed by atoms with Gasteiger partial charge < -0.3 is 10.1 Å². The Hall–Kier alpha value is -2.66. The molecule has 140 valence electrons. The standard InChI is InChI=1S/C22H24N2O2S/c1-5-26-19-10-8-17(9-11-19)21-16(4)27-22(24-21)23-20(25)13-18-7-6-14(2)12-15(18)3/h6-12H,5,13H2,1-4H3,(H,23,24,25). The summed E-state index contributed by atoms with van der Waals surface area (Å²) in [6.07, 6.45) is 0.350. The molecule has 0 fully saturated rings. The molecule has 1 N–H and O–H groups in total. The Balaban J connectivity index is 1.71. The lowest BCUT2D eigenvalue weighted by molar-refractivity contribution is -0.115. The fourth-order valence-corrected chi connectivity index (χ4v) is 3.83. The minimum absolute atomic E-state index is 0.0473. The van der Waals surface area contributed by atoms with Gasteiger partial charge in [-0.2, -0.15) is 0 Å². The summed E-state index contributed by atoms with van der Waals surface area (Å²) in [5, 5.41) is 3.57. The maximum Gasteiger partial charge on any atom is 0.230 e. The number of amides is 1. The molecule has 1 amide bonds. The predicted octanol–water partition coefficient (Wildman–Crippen LogP) is 5.32. The van der Waals surface area contributed by atoms with Crippen LogP contribution in [0.25, 0.3) is 11.3 Å². The van der Waals surface area contributed by atoms with Crippen LogP contribution in [0.2, 0.25) is 0 Å². The van der Waals surface area contributed by atoms with Crippen molar-refractivity contribution in [2.75, 3.05) is 11.9 Å². The highest BCUT2D eigenvalue weighted by Crippen LogP contribution is 2.31. The summed E-state index contributed by atoms with van der Waals surface area (Å²) in [4.78, 5) is 18.1. The first-order chi connectivity index (χ1) is 13.0. The molecule has 0 aliphatic rings. The number of carbonyl (C=O) groups excluding carboxylic acids is 1. The highest BCUT2D eigenvalue weighted by molar-refractivity contribution is 7.16. The second-order valence-corrected chi connectivity index (χ2v) is 7.74. The lowest BCUT2D eigenvalue weighted by Crippen LogP contribution is -2.14. The largest absolute Gasteiger partial charge is 0.494 e. The molecule has 0 bridgehead atoms. The van der Waals surface area contributed by atoms with Gasteiger partial charge in [-0.1, -0.05) is 23.8 Å². The van der Waals surface area contributed by atoms with Crippen molar-refractivity contribution in [2.24, 2.45) is 0 Å². The zero-order chi connectivity index (χ0) is 19.4. The van der Waals surface area contributed by atoms with Crippen LogP contribution in [0.4, 0.5) is 5.13 Å². The molecule has 2 aromatic carbocycles. The van der Waals surface area contributed by atoms with Crippen LogP contribution in [0.5, 0.6) is 5.75 Å². The van der Waals surface area contributed by atoms with Crippen molar-refractivity contribution in [3.05, 3.63) is 64.0 Å². The van der Waals surface area contributed by atoms with Crippen molar-refractivity contribution in [1.82, 2.24) is 4.98 Å². The van der Waals surface area contributed by atoms with E-state index in [4.69, 9.17) is 4.74 Å². The number of ether oxygens (including phenoxy) is 1. The average molecular weight is 381 g/mol. The van der Waals surface area contributed by atoms with Crippen LogP contribution in [0.15, 0.2) is 42.5 Å². The normalized spacial score (nSPS) is 10.7. The summed E-state index contributed by atoms with van der Waals surface area (Å²) in [5.41, 5.74) is 5.29. The Labute approximate surface area is 164 Å². The van der Waals surface area contributed by atoms with E-state index in [1.165, 1.54) is 16.9 Å². The van der Waals surface area contributed by atoms with Gasteiger partial charge in [0.25, 0.3) is 0 Å². The van der Waals surface area contributed by atoms with E-state index in [9.17, 15) is 4.79 Å². The molecule has 3 aromatic rings. The van der Waals surface area contributed by atoms with E-state index in [1.807, 2.05) is 57.2 Å². The third-order valence-electron chi connectivity index (χ3n) is 4.33. The van der Waals surface area contributed by atoms with Crippen LogP contribution >= 0.6 is 11.3 Å². The number of thiazole rings is 1. The Morgan fingerprint density at radius 2 is 1.85 bits per heavy atom. The fourth-order valence-electron chi connectivity index (χ4n) is 2.97. The summed E-state index contributed by atoms with van der Waals surface area (Å²) in [5.74, 6) is 0.796. The van der Waals surface area contributed by atoms with Crippen molar-refractivity contribution in [2.45, 2.75) is 34.1 Å². The molecule has 3 rings (SSSR count). The van der Waals surface area contributed by atoms with E-state index in [1.54, 1.807) is 0 Å². The summed E-state index contributed by atoms with van der Waals surface area (Å²) in [7, 11) is 0. The number of anilines is 1. The van der Waals surface area contributed by atoms with E-state index in [-0.39, 0.29) is 5.91 Å². The second kappa shape index (κ2) is 8.35. The molecule has 27 heavy (non-hydrogen) atoms. The van der Waals surface area contributed by atoms with E-state index >= 15 is 0 Å². The molecule has 1 aromatic heterocycles. The Morgan fingerprint density at radius 1 is 1.11 bits per heavy atom. The van der Waals surface area contributed by atoms with E-state index in [0.717, 1.165) is 33.0 Å². The molecule has 0 saturated heterocycles. The number of hydrogen-bond donors (Lipinski definition) is 1. The van der Waals surface area contributed by atoms with Gasteiger partial charge >= 0.3 is 0 Å². The van der Waals surface area contributed by atoms with Crippen LogP contribution < -0.4 is 10.1 Å². The quantitative estimate of drug-likeness (QED) is 0.630. The van der Waals surface area contributed by atoms with Crippen LogP contribution in [0, 0.1) is 20.8 Å². The number of hydrogen-bond acceptors (Lipinski definition) is 4. The minimum Gasteiger partial charge on any atom is -0.494 e. The molecule has 0 aliphatic carbocycles. The topological polar surface area (TPSA) is 51.2 Å². The van der Waals surface area contributed by atoms with Gasteiger partial charge in [-0.15, -0.1) is 11.3 Å². The Morgan fingerprint density at radius 3 is 2.52 bits per heavy atom. The number of carbonyl (C=O) groups is 1. The molecule has 5 heteroatoms. The first kappa shape index (κ1) is 19.1. The van der Waals surface area contributed by atoms with E-state index in [0.29, 0.717) is 18.2 Å². The monoisotopic (exact) mass is 380 g/mol. The molecule has 0 radical (unpaired) electrons. The van der Waals surface area contributed by atoms with Gasteiger partial charge in [0.2, 0.25) is 5.91 Å². The molecule has 4 nitrogen and oxygen atoms in total. The second-order valence-electron chi connectivity index (χ2n) is 6.54. The highest BCUT2D eigenvalue weighted by atomic mass is 32.1. The lowest BCUT2D eigenvalue weighted by Gasteiger charge is -2.06. The SMILES string of the molecule is CCOc1ccc(-c2nc(NC(=O)Cc3ccc(C)cc3C)sc2C)cc1. The molecule has 0 spiro atoms. The van der Waals surface area contributed by atoms with Crippen LogP contribution in [-0.2, 0) is 11.2 Å². The molecular formula is C22H24N2O2S. The van der Waals surface area contributed by atoms with Crippen molar-refractivity contribution >= 4 is 22.4 Å². The van der Waals surface area contributed by atoms with Gasteiger partial charge in [0, 0.05) is 10.4 Å². The number of aryl methyl sites for hydroxylation is 3. The van der Waals surface area contributed by atoms with Gasteiger partial charge in [-0.3, -0.25) is 4.79 Å². The zero-order valence-corrected chi connectivity index (χ0v) is 16.9. The summed E-state index contributed by atoms with van der Waals surface area (Å²) in [6, 6.07) is 14.0. The maximum atomic E-state index is 12.4. The molecule has 1 heterocycles. The number of nitrogens with one attached hydrogen (secondary N) is 1. The van der Waals surface area contributed by atoms with Crippen LogP contribution in [-0.4, -0.2) is 17.5 Å². The summed E-state index contributed by atoms with van der Waals surface area (Å²) < 4.78 is 5.48. The van der Waals surface area contributed by atoms with Gasteiger partial charge in [0.1, 0.15) is 5.75 Å². The van der Waals surface area contributed by atoms with Crippen molar-refractivity contribution in [3.8, 4) is 17.0 Å². The van der Waals surface area contributed by atoms with E-state index in [2.05, 4.69) is 23.3 Å². The van der Waals surface area contributed by atoms with Crippen molar-refractivity contribution < 1.29 is 9.53 Å². The van der Waals surface area contributed by atoms with Gasteiger partial charge in [0.15, 0.2) is 5.13 Å². The lowest BCUT2D eigenvalue weighted by atomic mass is 10.0. The molecule has 0 unspecified atom stereocenters. The summed E-state index contributed by atoms with van der Waals surface area (Å²) >= 11 is 1.49. The molecular weight excluding hydrogens is 356 g/mol. The Bertz CT molecular complexity index is 945. The zero-order valence-electron chi connectivity index (χ0n) is 16.1. The van der Waals surface area contributed by atoms with Crippen LogP contribution in [0.3, 0.4) is 0 Å². The number of aromatic nitrogens is 1. The Kier molecular flexibility index (Phi) is 5.91. The smallest absolute Gasteiger partial charge is 0.230 e. The maximum absolute atomic E-state index is 12.4. The van der Waals surface area contributed by atoms with Gasteiger partial charge in [0.05, 0.1) is 18.7 Å². The predicted molar refractivity (Wildman–Crippen MR) is 112 cm³/mol. The van der Waals surface area contributed by atoms with E-state index < -0.39 is 0 Å². The first-order valence-corrected chi connectivity index (χ1v) is 9.84. The summed E-state index contributed by atoms with van der Waals surface area (Å²) in [6.45, 7) is 8.71. The molecule has 0 saturated carbocycles. The fraction of sp³-hybridized carbons (Fsp3) is 0.273. The molecule has 0 atom stereocenters. The molecule has 0 aliphatic heterocycles. The average Bonchev–Trinajstić information content (AvgIpc) is 2.98. The number of nitrogens with zero attached hydrogens (tertiary/aromatic N) is 1. The third kappa shape index (κ3) is 4.74. The number of rotatable bonds is 6. The third-order valence-corrected chi connectivity index (χ3v) is 5.22. The number of benzene rings is 2. The minimum atomic E-state index is -0.0473. The van der Waals surface area contributed by atoms with Crippen molar-refractivity contribution in [1.29, 1.82) is 0 Å². The first-order valence-electron chi connectivity index (χ1n) is 9.03. The highest BCUT2D eigenvalue weighted by Gasteiger charge is 2.13. The van der Waals surface area contributed by atoms with Crippen LogP contribution in [0.1, 0.15) is 28.5 Å². The van der Waals surface area contributed by atoms with Gasteiger partial charge in [-0.05, 0) is 63.1 Å². The van der Waals surface area contributed by atoms with Gasteiger partial charge in [-0.25, -0.2) is 4.98 Å².